The van der Waals surface area contributed by atoms with Gasteiger partial charge in [0.2, 0.25) is 0 Å². The van der Waals surface area contributed by atoms with Crippen LogP contribution in [0.2, 0.25) is 0 Å². The second-order valence-electron chi connectivity index (χ2n) is 2.88. The molecule has 0 radical (unpaired) electrons. The number of rotatable bonds is 2. The van der Waals surface area contributed by atoms with Gasteiger partial charge in [-0.05, 0) is 24.6 Å². The Morgan fingerprint density at radius 1 is 1.60 bits per heavy atom. The molecule has 78 valence electrons. The second-order valence-corrected chi connectivity index (χ2v) is 4.11. The molecule has 0 aliphatic heterocycles. The van der Waals surface area contributed by atoms with Crippen molar-refractivity contribution in [3.8, 4) is 6.07 Å². The number of hydrogen-bond donors (Lipinski definition) is 0. The van der Waals surface area contributed by atoms with Crippen molar-refractivity contribution in [2.75, 3.05) is 0 Å². The van der Waals surface area contributed by atoms with Crippen molar-refractivity contribution in [1.29, 1.82) is 5.26 Å². The highest BCUT2D eigenvalue weighted by Crippen LogP contribution is 2.31. The van der Waals surface area contributed by atoms with Crippen molar-refractivity contribution in [1.82, 2.24) is 0 Å². The minimum Gasteiger partial charge on any atom is -0.207 e. The summed E-state index contributed by atoms with van der Waals surface area (Å²) in [6.45, 7) is 1.85. The Kier molecular flexibility index (Phi) is 4.31. The minimum atomic E-state index is -0.343. The van der Waals surface area contributed by atoms with Gasteiger partial charge in [-0.15, -0.1) is 0 Å². The summed E-state index contributed by atoms with van der Waals surface area (Å²) in [6.07, 6.45) is 0.555. The molecule has 0 atom stereocenters. The van der Waals surface area contributed by atoms with E-state index in [1.54, 1.807) is 6.07 Å². The fourth-order valence-corrected chi connectivity index (χ4v) is 2.12. The molecular weight excluding hydrogens is 280 g/mol. The molecule has 1 aromatic rings. The summed E-state index contributed by atoms with van der Waals surface area (Å²) in [4.78, 5) is 0. The van der Waals surface area contributed by atoms with Gasteiger partial charge in [-0.3, -0.25) is 0 Å². The van der Waals surface area contributed by atoms with Gasteiger partial charge in [0.15, 0.2) is 0 Å². The molecule has 15 heavy (non-hydrogen) atoms. The van der Waals surface area contributed by atoms with E-state index in [1.165, 1.54) is 12.1 Å². The molecule has 0 fully saturated rings. The molecule has 4 heteroatoms. The van der Waals surface area contributed by atoms with Crippen LogP contribution in [0.1, 0.15) is 18.9 Å². The van der Waals surface area contributed by atoms with Gasteiger partial charge in [0.05, 0.1) is 11.1 Å². The van der Waals surface area contributed by atoms with E-state index in [0.717, 1.165) is 0 Å². The van der Waals surface area contributed by atoms with Crippen LogP contribution in [0.3, 0.4) is 0 Å². The normalized spacial score (nSPS) is 11.9. The third-order valence-corrected chi connectivity index (χ3v) is 3.01. The monoisotopic (exact) mass is 287 g/mol. The first kappa shape index (κ1) is 12.2. The van der Waals surface area contributed by atoms with Crippen LogP contribution < -0.4 is 0 Å². The maximum Gasteiger partial charge on any atom is 0.124 e. The molecule has 1 nitrogen and oxygen atoms in total. The van der Waals surface area contributed by atoms with Crippen LogP contribution in [0.25, 0.3) is 5.03 Å². The Hall–Kier alpha value is -0.850. The maximum absolute atomic E-state index is 12.8. The number of halogens is 3. The van der Waals surface area contributed by atoms with Gasteiger partial charge in [0.25, 0.3) is 0 Å². The first-order chi connectivity index (χ1) is 7.10. The fourth-order valence-electron chi connectivity index (χ4n) is 1.11. The Bertz CT molecular complexity index is 448. The summed E-state index contributed by atoms with van der Waals surface area (Å²) in [6, 6.07) is 6.21. The first-order valence-corrected chi connectivity index (χ1v) is 5.51. The van der Waals surface area contributed by atoms with Crippen LogP contribution in [-0.4, -0.2) is 0 Å². The van der Waals surface area contributed by atoms with E-state index in [0.29, 0.717) is 27.1 Å². The first-order valence-electron chi connectivity index (χ1n) is 4.34. The zero-order valence-corrected chi connectivity index (χ0v) is 10.4. The quantitative estimate of drug-likeness (QED) is 0.737. The van der Waals surface area contributed by atoms with Gasteiger partial charge in [-0.25, -0.2) is 4.39 Å². The zero-order chi connectivity index (χ0) is 11.4. The lowest BCUT2D eigenvalue weighted by molar-refractivity contribution is 0.627. The van der Waals surface area contributed by atoms with Gasteiger partial charge in [-0.1, -0.05) is 34.5 Å². The van der Waals surface area contributed by atoms with Gasteiger partial charge >= 0.3 is 0 Å². The molecule has 0 amide bonds. The Balaban J connectivity index is 3.29. The van der Waals surface area contributed by atoms with Gasteiger partial charge in [0.1, 0.15) is 5.82 Å². The molecule has 0 saturated carbocycles. The fraction of sp³-hybridized carbons (Fsp3) is 0.182. The average Bonchev–Trinajstić information content (AvgIpc) is 2.19. The predicted octanol–water partition coefficient (Wildman–Crippen LogP) is 4.47. The van der Waals surface area contributed by atoms with Gasteiger partial charge in [-0.2, -0.15) is 5.26 Å². The Labute approximate surface area is 101 Å². The Morgan fingerprint density at radius 2 is 2.27 bits per heavy atom. The summed E-state index contributed by atoms with van der Waals surface area (Å²) in [7, 11) is 0. The van der Waals surface area contributed by atoms with Crippen molar-refractivity contribution in [3.05, 3.63) is 39.6 Å². The lowest BCUT2D eigenvalue weighted by Crippen LogP contribution is -1.86. The van der Waals surface area contributed by atoms with E-state index in [1.807, 2.05) is 13.0 Å². The van der Waals surface area contributed by atoms with Crippen molar-refractivity contribution in [2.24, 2.45) is 0 Å². The van der Waals surface area contributed by atoms with Crippen LogP contribution in [0, 0.1) is 17.1 Å². The predicted molar refractivity (Wildman–Crippen MR) is 62.8 cm³/mol. The van der Waals surface area contributed by atoms with Crippen LogP contribution in [0.4, 0.5) is 4.39 Å². The van der Waals surface area contributed by atoms with E-state index in [9.17, 15) is 4.39 Å². The van der Waals surface area contributed by atoms with E-state index < -0.39 is 0 Å². The summed E-state index contributed by atoms with van der Waals surface area (Å²) < 4.78 is 13.4. The number of allylic oxidation sites excluding steroid dienone is 1. The third-order valence-electron chi connectivity index (χ3n) is 1.92. The van der Waals surface area contributed by atoms with Crippen LogP contribution >= 0.6 is 27.5 Å². The smallest absolute Gasteiger partial charge is 0.124 e. The topological polar surface area (TPSA) is 23.8 Å². The van der Waals surface area contributed by atoms with Crippen molar-refractivity contribution in [2.45, 2.75) is 13.3 Å². The molecule has 1 aromatic carbocycles. The zero-order valence-electron chi connectivity index (χ0n) is 8.02. The SMILES string of the molecule is CC/C(C#N)=C(/Cl)c1ccc(F)cc1Br. The molecule has 0 saturated heterocycles. The molecule has 0 aliphatic rings. The summed E-state index contributed by atoms with van der Waals surface area (Å²) in [5.41, 5.74) is 1.13. The van der Waals surface area contributed by atoms with Crippen molar-refractivity contribution in [3.63, 3.8) is 0 Å². The molecular formula is C11H8BrClFN. The van der Waals surface area contributed by atoms with E-state index in [-0.39, 0.29) is 5.82 Å². The van der Waals surface area contributed by atoms with Crippen molar-refractivity contribution >= 4 is 32.6 Å². The molecule has 0 N–H and O–H groups in total. The number of benzene rings is 1. The summed E-state index contributed by atoms with van der Waals surface area (Å²) >= 11 is 9.24. The minimum absolute atomic E-state index is 0.343. The Morgan fingerprint density at radius 3 is 2.73 bits per heavy atom. The molecule has 0 spiro atoms. The molecule has 0 aromatic heterocycles. The van der Waals surface area contributed by atoms with E-state index >= 15 is 0 Å². The molecule has 0 heterocycles. The summed E-state index contributed by atoms with van der Waals surface area (Å²) in [5.74, 6) is -0.343. The van der Waals surface area contributed by atoms with E-state index in [2.05, 4.69) is 15.9 Å². The number of hydrogen-bond acceptors (Lipinski definition) is 1. The lowest BCUT2D eigenvalue weighted by Gasteiger charge is -2.04. The highest BCUT2D eigenvalue weighted by Gasteiger charge is 2.09. The van der Waals surface area contributed by atoms with Crippen molar-refractivity contribution < 1.29 is 4.39 Å². The average molecular weight is 289 g/mol. The van der Waals surface area contributed by atoms with Gasteiger partial charge in [0, 0.05) is 15.6 Å². The number of nitriles is 1. The van der Waals surface area contributed by atoms with Crippen LogP contribution in [-0.2, 0) is 0 Å². The second kappa shape index (κ2) is 5.29. The molecule has 0 unspecified atom stereocenters. The lowest BCUT2D eigenvalue weighted by atomic mass is 10.1. The van der Waals surface area contributed by atoms with E-state index in [4.69, 9.17) is 16.9 Å². The van der Waals surface area contributed by atoms with Gasteiger partial charge < -0.3 is 0 Å². The highest BCUT2D eigenvalue weighted by atomic mass is 79.9. The summed E-state index contributed by atoms with van der Waals surface area (Å²) in [5, 5.41) is 9.19. The number of nitrogens with zero attached hydrogens (tertiary/aromatic N) is 1. The molecule has 0 bridgehead atoms. The maximum atomic E-state index is 12.8. The van der Waals surface area contributed by atoms with Crippen LogP contribution in [0.5, 0.6) is 0 Å². The standard InChI is InChI=1S/C11H8BrClFN/c1-2-7(6-15)11(13)9-4-3-8(14)5-10(9)12/h3-5H,2H2,1H3/b11-7-. The molecule has 1 rings (SSSR count). The molecule has 0 aliphatic carbocycles. The van der Waals surface area contributed by atoms with Crippen LogP contribution in [0.15, 0.2) is 28.2 Å². The highest BCUT2D eigenvalue weighted by molar-refractivity contribution is 9.10. The third kappa shape index (κ3) is 2.80. The largest absolute Gasteiger partial charge is 0.207 e.